The van der Waals surface area contributed by atoms with Crippen LogP contribution in [0, 0.1) is 0 Å². The van der Waals surface area contributed by atoms with E-state index in [1.165, 1.54) is 25.7 Å². The molecule has 0 aromatic rings. The van der Waals surface area contributed by atoms with Gasteiger partial charge in [-0.15, -0.1) is 0 Å². The number of hydrogen-bond donors (Lipinski definition) is 0. The molecule has 0 bridgehead atoms. The molecule has 0 radical (unpaired) electrons. The number of hydrogen-bond acceptors (Lipinski definition) is 1. The first kappa shape index (κ1) is 7.13. The Morgan fingerprint density at radius 2 is 1.56 bits per heavy atom. The van der Waals surface area contributed by atoms with Crippen LogP contribution in [0.15, 0.2) is 0 Å². The Morgan fingerprint density at radius 3 is 2.00 bits per heavy atom. The molecule has 0 N–H and O–H groups in total. The molecule has 0 heterocycles. The summed E-state index contributed by atoms with van der Waals surface area (Å²) in [6.07, 6.45) is 7.57. The van der Waals surface area contributed by atoms with Crippen molar-refractivity contribution in [1.29, 1.82) is 0 Å². The van der Waals surface area contributed by atoms with Crippen LogP contribution < -0.4 is 0 Å². The van der Waals surface area contributed by atoms with Gasteiger partial charge in [-0.05, 0) is 12.8 Å². The molecule has 0 unspecified atom stereocenters. The summed E-state index contributed by atoms with van der Waals surface area (Å²) < 4.78 is 10.4. The van der Waals surface area contributed by atoms with E-state index in [1.807, 2.05) is 0 Å². The summed E-state index contributed by atoms with van der Waals surface area (Å²) in [7, 11) is 0. The minimum Gasteiger partial charge on any atom is -0.0531 e. The van der Waals surface area contributed by atoms with E-state index < -0.39 is 0 Å². The first-order valence-corrected chi connectivity index (χ1v) is 4.52. The van der Waals surface area contributed by atoms with Gasteiger partial charge in [-0.25, -0.2) is 0 Å². The van der Waals surface area contributed by atoms with Gasteiger partial charge < -0.3 is 0 Å². The molecule has 1 nitrogen and oxygen atoms in total. The lowest BCUT2D eigenvalue weighted by molar-refractivity contribution is 0.588. The first-order chi connectivity index (χ1) is 4.43. The zero-order chi connectivity index (χ0) is 6.53. The van der Waals surface area contributed by atoms with E-state index in [9.17, 15) is 4.21 Å². The maximum Gasteiger partial charge on any atom is 0.462 e. The topological polar surface area (TPSA) is 17.1 Å². The van der Waals surface area contributed by atoms with Crippen molar-refractivity contribution in [3.63, 3.8) is 0 Å². The summed E-state index contributed by atoms with van der Waals surface area (Å²) >= 11 is 0.809. The fraction of sp³-hybridized carbons (Fsp3) is 1.00. The molecule has 1 saturated carbocycles. The van der Waals surface area contributed by atoms with Crippen LogP contribution in [0.1, 0.15) is 38.5 Å². The lowest BCUT2D eigenvalue weighted by Crippen LogP contribution is -2.01. The van der Waals surface area contributed by atoms with E-state index in [0.29, 0.717) is 5.25 Å². The Bertz CT molecular complexity index is 84.9. The van der Waals surface area contributed by atoms with Crippen molar-refractivity contribution in [3.05, 3.63) is 0 Å². The molecular formula is C7H13OS+. The van der Waals surface area contributed by atoms with E-state index in [2.05, 4.69) is 0 Å². The highest BCUT2D eigenvalue weighted by Gasteiger charge is 2.22. The van der Waals surface area contributed by atoms with Crippen molar-refractivity contribution >= 4 is 11.7 Å². The quantitative estimate of drug-likeness (QED) is 0.408. The number of rotatable bonds is 1. The van der Waals surface area contributed by atoms with Gasteiger partial charge >= 0.3 is 11.7 Å². The third-order valence-electron chi connectivity index (χ3n) is 1.94. The first-order valence-electron chi connectivity index (χ1n) is 3.72. The molecule has 1 aliphatic rings. The van der Waals surface area contributed by atoms with Crippen LogP contribution in [0.25, 0.3) is 0 Å². The van der Waals surface area contributed by atoms with Crippen molar-refractivity contribution < 1.29 is 4.21 Å². The molecule has 1 rings (SSSR count). The van der Waals surface area contributed by atoms with E-state index in [-0.39, 0.29) is 0 Å². The largest absolute Gasteiger partial charge is 0.462 e. The van der Waals surface area contributed by atoms with Gasteiger partial charge in [-0.2, -0.15) is 0 Å². The molecule has 0 aromatic carbocycles. The van der Waals surface area contributed by atoms with Gasteiger partial charge in [0.1, 0.15) is 0 Å². The van der Waals surface area contributed by atoms with Gasteiger partial charge in [-0.3, -0.25) is 0 Å². The highest BCUT2D eigenvalue weighted by atomic mass is 32.1. The molecule has 1 aliphatic carbocycles. The SMILES string of the molecule is O=[S+]C1CCCCCC1. The Kier molecular flexibility index (Phi) is 3.12. The monoisotopic (exact) mass is 145 g/mol. The third kappa shape index (κ3) is 2.39. The van der Waals surface area contributed by atoms with Gasteiger partial charge in [0.15, 0.2) is 0 Å². The van der Waals surface area contributed by atoms with E-state index in [4.69, 9.17) is 0 Å². The highest BCUT2D eigenvalue weighted by molar-refractivity contribution is 7.66. The third-order valence-corrected chi connectivity index (χ3v) is 2.68. The Morgan fingerprint density at radius 1 is 1.00 bits per heavy atom. The minimum absolute atomic E-state index is 0.438. The van der Waals surface area contributed by atoms with Gasteiger partial charge in [0.2, 0.25) is 5.25 Å². The fourth-order valence-electron chi connectivity index (χ4n) is 1.34. The molecule has 0 spiro atoms. The molecule has 0 aromatic heterocycles. The van der Waals surface area contributed by atoms with Crippen LogP contribution in [-0.2, 0) is 15.9 Å². The van der Waals surface area contributed by atoms with E-state index in [0.717, 1.165) is 24.5 Å². The second-order valence-corrected chi connectivity index (χ2v) is 3.57. The molecule has 0 amide bonds. The summed E-state index contributed by atoms with van der Waals surface area (Å²) in [6.45, 7) is 0. The van der Waals surface area contributed by atoms with Gasteiger partial charge in [-0.1, -0.05) is 12.8 Å². The Hall–Kier alpha value is 0.0200. The van der Waals surface area contributed by atoms with E-state index in [1.54, 1.807) is 0 Å². The summed E-state index contributed by atoms with van der Waals surface area (Å²) in [6, 6.07) is 0. The van der Waals surface area contributed by atoms with Crippen LogP contribution >= 0.6 is 0 Å². The summed E-state index contributed by atoms with van der Waals surface area (Å²) in [4.78, 5) is 0. The summed E-state index contributed by atoms with van der Waals surface area (Å²) in [5, 5.41) is 0.438. The lowest BCUT2D eigenvalue weighted by Gasteiger charge is -1.88. The lowest BCUT2D eigenvalue weighted by atomic mass is 10.2. The molecule has 9 heavy (non-hydrogen) atoms. The molecule has 0 atom stereocenters. The van der Waals surface area contributed by atoms with Crippen LogP contribution in [0.2, 0.25) is 0 Å². The molecule has 1 fully saturated rings. The average Bonchev–Trinajstić information content (AvgIpc) is 2.13. The molecule has 0 aliphatic heterocycles. The summed E-state index contributed by atoms with van der Waals surface area (Å²) in [5.74, 6) is 0. The normalized spacial score (nSPS) is 23.1. The molecule has 0 saturated heterocycles. The summed E-state index contributed by atoms with van der Waals surface area (Å²) in [5.41, 5.74) is 0. The van der Waals surface area contributed by atoms with Crippen LogP contribution in [0.5, 0.6) is 0 Å². The van der Waals surface area contributed by atoms with Gasteiger partial charge in [0, 0.05) is 17.1 Å². The molecule has 2 heteroatoms. The standard InChI is InChI=1S/C7H13OS/c8-9-7-5-3-1-2-4-6-7/h7H,1-6H2/q+1. The predicted molar refractivity (Wildman–Crippen MR) is 39.5 cm³/mol. The average molecular weight is 145 g/mol. The van der Waals surface area contributed by atoms with Crippen LogP contribution in [0.3, 0.4) is 0 Å². The van der Waals surface area contributed by atoms with Gasteiger partial charge in [0.25, 0.3) is 0 Å². The van der Waals surface area contributed by atoms with E-state index >= 15 is 0 Å². The van der Waals surface area contributed by atoms with Crippen molar-refractivity contribution in [2.45, 2.75) is 43.8 Å². The maximum absolute atomic E-state index is 10.4. The zero-order valence-corrected chi connectivity index (χ0v) is 6.45. The fourth-order valence-corrected chi connectivity index (χ4v) is 1.86. The predicted octanol–water partition coefficient (Wildman–Crippen LogP) is 2.14. The smallest absolute Gasteiger partial charge is 0.0531 e. The highest BCUT2D eigenvalue weighted by Crippen LogP contribution is 2.17. The van der Waals surface area contributed by atoms with Crippen molar-refractivity contribution in [3.8, 4) is 0 Å². The van der Waals surface area contributed by atoms with Crippen molar-refractivity contribution in [2.24, 2.45) is 0 Å². The maximum atomic E-state index is 10.4. The minimum atomic E-state index is 0.438. The second-order valence-electron chi connectivity index (χ2n) is 2.71. The molecule has 52 valence electrons. The Labute approximate surface area is 60.3 Å². The molecular weight excluding hydrogens is 132 g/mol. The van der Waals surface area contributed by atoms with Crippen LogP contribution in [0.4, 0.5) is 0 Å². The van der Waals surface area contributed by atoms with Gasteiger partial charge in [0.05, 0.1) is 0 Å². The van der Waals surface area contributed by atoms with Crippen LogP contribution in [-0.4, -0.2) is 5.25 Å². The zero-order valence-electron chi connectivity index (χ0n) is 5.64. The van der Waals surface area contributed by atoms with Crippen molar-refractivity contribution in [1.82, 2.24) is 0 Å². The second kappa shape index (κ2) is 3.94. The van der Waals surface area contributed by atoms with Crippen molar-refractivity contribution in [2.75, 3.05) is 0 Å². The Balaban J connectivity index is 2.26.